The molecule has 1 aromatic carbocycles. The second-order valence-corrected chi connectivity index (χ2v) is 5.92. The number of amides is 4. The second kappa shape index (κ2) is 6.88. The average molecular weight is 348 g/mol. The van der Waals surface area contributed by atoms with Gasteiger partial charge in [-0.2, -0.15) is 0 Å². The van der Waals surface area contributed by atoms with Gasteiger partial charge < -0.3 is 10.6 Å². The van der Waals surface area contributed by atoms with Gasteiger partial charge in [0.05, 0.1) is 10.6 Å². The van der Waals surface area contributed by atoms with Crippen molar-refractivity contribution in [1.29, 1.82) is 0 Å². The molecule has 4 amide bonds. The average Bonchev–Trinajstić information content (AvgIpc) is 2.81. The van der Waals surface area contributed by atoms with E-state index >= 15 is 0 Å². The van der Waals surface area contributed by atoms with Crippen LogP contribution in [0.1, 0.15) is 32.3 Å². The number of benzene rings is 1. The van der Waals surface area contributed by atoms with Crippen molar-refractivity contribution >= 4 is 29.2 Å². The van der Waals surface area contributed by atoms with Crippen molar-refractivity contribution in [3.8, 4) is 0 Å². The maximum Gasteiger partial charge on any atom is 0.325 e. The summed E-state index contributed by atoms with van der Waals surface area (Å²) in [4.78, 5) is 47.9. The first-order chi connectivity index (χ1) is 11.7. The molecule has 0 bridgehead atoms. The molecule has 0 unspecified atom stereocenters. The Bertz CT molecular complexity index is 742. The van der Waals surface area contributed by atoms with Crippen LogP contribution in [0, 0.1) is 17.0 Å². The number of carbonyl (C=O) groups excluding carboxylic acids is 3. The first-order valence-electron chi connectivity index (χ1n) is 7.93. The number of non-ortho nitro benzene ring substituents is 1. The minimum absolute atomic E-state index is 0.160. The predicted octanol–water partition coefficient (Wildman–Crippen LogP) is 1.95. The van der Waals surface area contributed by atoms with Gasteiger partial charge in [-0.3, -0.25) is 24.6 Å². The van der Waals surface area contributed by atoms with Crippen LogP contribution < -0.4 is 10.6 Å². The Kier molecular flexibility index (Phi) is 5.05. The summed E-state index contributed by atoms with van der Waals surface area (Å²) in [5.41, 5.74) is -0.235. The Morgan fingerprint density at radius 2 is 1.96 bits per heavy atom. The molecule has 0 spiro atoms. The van der Waals surface area contributed by atoms with Gasteiger partial charge in [0.2, 0.25) is 5.91 Å². The van der Waals surface area contributed by atoms with Crippen molar-refractivity contribution in [2.45, 2.75) is 39.2 Å². The maximum absolute atomic E-state index is 12.5. The molecule has 0 aliphatic carbocycles. The molecule has 1 saturated heterocycles. The Hall–Kier alpha value is -2.97. The van der Waals surface area contributed by atoms with E-state index in [-0.39, 0.29) is 11.4 Å². The molecular weight excluding hydrogens is 328 g/mol. The zero-order valence-corrected chi connectivity index (χ0v) is 14.3. The molecule has 9 nitrogen and oxygen atoms in total. The molecule has 0 saturated carbocycles. The normalized spacial score (nSPS) is 15.9. The molecule has 1 fully saturated rings. The fourth-order valence-corrected chi connectivity index (χ4v) is 2.74. The molecule has 1 heterocycles. The molecular formula is C16H20N4O5. The fourth-order valence-electron chi connectivity index (χ4n) is 2.74. The number of nitro groups is 1. The van der Waals surface area contributed by atoms with Crippen molar-refractivity contribution < 1.29 is 19.3 Å². The van der Waals surface area contributed by atoms with E-state index in [0.29, 0.717) is 18.4 Å². The molecule has 2 N–H and O–H groups in total. The summed E-state index contributed by atoms with van der Waals surface area (Å²) in [5, 5.41) is 16.0. The molecule has 1 aromatic rings. The van der Waals surface area contributed by atoms with Gasteiger partial charge in [-0.25, -0.2) is 4.79 Å². The molecule has 134 valence electrons. The van der Waals surface area contributed by atoms with Gasteiger partial charge in [-0.05, 0) is 25.3 Å². The van der Waals surface area contributed by atoms with Gasteiger partial charge in [-0.1, -0.05) is 19.9 Å². The highest BCUT2D eigenvalue weighted by Crippen LogP contribution is 2.25. The van der Waals surface area contributed by atoms with Crippen LogP contribution in [-0.4, -0.2) is 39.8 Å². The third kappa shape index (κ3) is 3.44. The number of rotatable bonds is 6. The smallest absolute Gasteiger partial charge is 0.324 e. The van der Waals surface area contributed by atoms with E-state index in [0.717, 1.165) is 4.90 Å². The van der Waals surface area contributed by atoms with E-state index in [4.69, 9.17) is 0 Å². The van der Waals surface area contributed by atoms with Crippen LogP contribution in [0.25, 0.3) is 0 Å². The number of nitrogens with one attached hydrogen (secondary N) is 2. The van der Waals surface area contributed by atoms with Crippen molar-refractivity contribution in [2.75, 3.05) is 11.9 Å². The quantitative estimate of drug-likeness (QED) is 0.462. The Morgan fingerprint density at radius 3 is 2.48 bits per heavy atom. The summed E-state index contributed by atoms with van der Waals surface area (Å²) in [6.07, 6.45) is 0.854. The molecule has 0 atom stereocenters. The summed E-state index contributed by atoms with van der Waals surface area (Å²) < 4.78 is 0. The number of aryl methyl sites for hydroxylation is 1. The SMILES string of the molecule is CCC1(CC)NC(=O)N(CC(=O)Nc2cc([N+](=O)[O-])ccc2C)C1=O. The summed E-state index contributed by atoms with van der Waals surface area (Å²) in [6, 6.07) is 3.47. The number of nitrogens with zero attached hydrogens (tertiary/aromatic N) is 2. The van der Waals surface area contributed by atoms with E-state index in [9.17, 15) is 24.5 Å². The van der Waals surface area contributed by atoms with Crippen LogP contribution in [0.3, 0.4) is 0 Å². The summed E-state index contributed by atoms with van der Waals surface area (Å²) in [6.45, 7) is 4.82. The van der Waals surface area contributed by atoms with Gasteiger partial charge in [-0.15, -0.1) is 0 Å². The number of imide groups is 1. The number of hydrogen-bond acceptors (Lipinski definition) is 5. The van der Waals surface area contributed by atoms with Crippen molar-refractivity contribution in [3.63, 3.8) is 0 Å². The largest absolute Gasteiger partial charge is 0.325 e. The van der Waals surface area contributed by atoms with Crippen LogP contribution in [0.4, 0.5) is 16.2 Å². The molecule has 2 rings (SSSR count). The van der Waals surface area contributed by atoms with Crippen LogP contribution in [0.15, 0.2) is 18.2 Å². The lowest BCUT2D eigenvalue weighted by Gasteiger charge is -2.23. The monoisotopic (exact) mass is 348 g/mol. The lowest BCUT2D eigenvalue weighted by Crippen LogP contribution is -2.46. The number of anilines is 1. The summed E-state index contributed by atoms with van der Waals surface area (Å²) in [5.74, 6) is -1.04. The Labute approximate surface area is 144 Å². The van der Waals surface area contributed by atoms with E-state index in [1.165, 1.54) is 18.2 Å². The molecule has 1 aliphatic heterocycles. The van der Waals surface area contributed by atoms with Crippen LogP contribution >= 0.6 is 0 Å². The second-order valence-electron chi connectivity index (χ2n) is 5.92. The van der Waals surface area contributed by atoms with E-state index < -0.39 is 34.9 Å². The predicted molar refractivity (Wildman–Crippen MR) is 90.0 cm³/mol. The maximum atomic E-state index is 12.5. The third-order valence-corrected chi connectivity index (χ3v) is 4.46. The summed E-state index contributed by atoms with van der Waals surface area (Å²) >= 11 is 0. The van der Waals surface area contributed by atoms with E-state index in [2.05, 4.69) is 10.6 Å². The van der Waals surface area contributed by atoms with E-state index in [1.54, 1.807) is 20.8 Å². The molecule has 25 heavy (non-hydrogen) atoms. The van der Waals surface area contributed by atoms with Crippen LogP contribution in [0.5, 0.6) is 0 Å². The van der Waals surface area contributed by atoms with Gasteiger partial charge in [0.25, 0.3) is 11.6 Å². The first kappa shape index (κ1) is 18.4. The third-order valence-electron chi connectivity index (χ3n) is 4.46. The minimum atomic E-state index is -0.973. The number of carbonyl (C=O) groups is 3. The highest BCUT2D eigenvalue weighted by molar-refractivity contribution is 6.10. The zero-order chi connectivity index (χ0) is 18.8. The molecule has 1 aliphatic rings. The Morgan fingerprint density at radius 1 is 1.32 bits per heavy atom. The number of hydrogen-bond donors (Lipinski definition) is 2. The van der Waals surface area contributed by atoms with Crippen LogP contribution in [0.2, 0.25) is 0 Å². The van der Waals surface area contributed by atoms with Crippen LogP contribution in [-0.2, 0) is 9.59 Å². The standard InChI is InChI=1S/C16H20N4O5/c1-4-16(5-2)14(22)19(15(23)18-16)9-13(21)17-12-8-11(20(24)25)7-6-10(12)3/h6-8H,4-5,9H2,1-3H3,(H,17,21)(H,18,23). The lowest BCUT2D eigenvalue weighted by atomic mass is 9.93. The highest BCUT2D eigenvalue weighted by Gasteiger charge is 2.49. The molecule has 0 aromatic heterocycles. The highest BCUT2D eigenvalue weighted by atomic mass is 16.6. The van der Waals surface area contributed by atoms with Crippen molar-refractivity contribution in [1.82, 2.24) is 10.2 Å². The Balaban J connectivity index is 2.13. The lowest BCUT2D eigenvalue weighted by molar-refractivity contribution is -0.384. The molecule has 0 radical (unpaired) electrons. The van der Waals surface area contributed by atoms with Crippen molar-refractivity contribution in [2.24, 2.45) is 0 Å². The zero-order valence-electron chi connectivity index (χ0n) is 14.3. The van der Waals surface area contributed by atoms with Gasteiger partial charge >= 0.3 is 6.03 Å². The minimum Gasteiger partial charge on any atom is -0.324 e. The van der Waals surface area contributed by atoms with Crippen molar-refractivity contribution in [3.05, 3.63) is 33.9 Å². The van der Waals surface area contributed by atoms with E-state index in [1.807, 2.05) is 0 Å². The fraction of sp³-hybridized carbons (Fsp3) is 0.438. The topological polar surface area (TPSA) is 122 Å². The summed E-state index contributed by atoms with van der Waals surface area (Å²) in [7, 11) is 0. The van der Waals surface area contributed by atoms with Gasteiger partial charge in [0, 0.05) is 12.1 Å². The molecule has 9 heteroatoms. The first-order valence-corrected chi connectivity index (χ1v) is 7.93. The number of urea groups is 1. The van der Waals surface area contributed by atoms with Gasteiger partial charge in [0.15, 0.2) is 0 Å². The number of nitro benzene ring substituents is 1. The van der Waals surface area contributed by atoms with Gasteiger partial charge in [0.1, 0.15) is 12.1 Å².